The highest BCUT2D eigenvalue weighted by molar-refractivity contribution is 6.39. The van der Waals surface area contributed by atoms with Gasteiger partial charge in [-0.2, -0.15) is 0 Å². The van der Waals surface area contributed by atoms with Gasteiger partial charge >= 0.3 is 5.97 Å². The van der Waals surface area contributed by atoms with Crippen LogP contribution in [0.5, 0.6) is 0 Å². The molecule has 0 unspecified atom stereocenters. The van der Waals surface area contributed by atoms with Crippen LogP contribution in [0.4, 0.5) is 8.78 Å². The topological polar surface area (TPSA) is 26.3 Å². The molecule has 7 heteroatoms. The number of halogens is 5. The summed E-state index contributed by atoms with van der Waals surface area (Å²) in [6.45, 7) is 0. The number of ether oxygens (including phenoxy) is 1. The maximum absolute atomic E-state index is 13.3. The Morgan fingerprint density at radius 3 is 1.94 bits per heavy atom. The predicted octanol–water partition coefficient (Wildman–Crippen LogP) is 3.64. The van der Waals surface area contributed by atoms with Crippen LogP contribution >= 0.6 is 34.8 Å². The number of carbonyl (C=O) groups excluding carboxylic acids is 1. The minimum atomic E-state index is -1.15. The Hall–Kier alpha value is -0.580. The van der Waals surface area contributed by atoms with Crippen LogP contribution in [0.25, 0.3) is 0 Å². The van der Waals surface area contributed by atoms with Crippen molar-refractivity contribution in [1.29, 1.82) is 0 Å². The molecule has 0 N–H and O–H groups in total. The monoisotopic (exact) mass is 288 g/mol. The fraction of sp³-hybridized carbons (Fsp3) is 0.222. The second-order valence-corrected chi connectivity index (χ2v) is 3.94. The minimum absolute atomic E-state index is 0.186. The molecule has 16 heavy (non-hydrogen) atoms. The van der Waals surface area contributed by atoms with E-state index in [0.29, 0.717) is 0 Å². The predicted molar refractivity (Wildman–Crippen MR) is 57.1 cm³/mol. The van der Waals surface area contributed by atoms with E-state index < -0.39 is 39.1 Å². The molecule has 0 fully saturated rings. The first kappa shape index (κ1) is 13.5. The molecule has 0 aliphatic rings. The Morgan fingerprint density at radius 1 is 1.12 bits per heavy atom. The standard InChI is InChI=1S/C9H5Cl3F2O2/c1-16-4(15)2-3-5(10)8(13)7(12)9(14)6(3)11/h2H2,1H3. The van der Waals surface area contributed by atoms with Crippen LogP contribution in [0.2, 0.25) is 15.1 Å². The van der Waals surface area contributed by atoms with E-state index >= 15 is 0 Å². The van der Waals surface area contributed by atoms with E-state index in [0.717, 1.165) is 7.11 Å². The van der Waals surface area contributed by atoms with Crippen molar-refractivity contribution >= 4 is 40.8 Å². The fourth-order valence-electron chi connectivity index (χ4n) is 1.02. The molecule has 1 aromatic rings. The van der Waals surface area contributed by atoms with Gasteiger partial charge in [0.05, 0.1) is 23.6 Å². The average Bonchev–Trinajstić information content (AvgIpc) is 2.29. The van der Waals surface area contributed by atoms with Crippen molar-refractivity contribution in [3.63, 3.8) is 0 Å². The van der Waals surface area contributed by atoms with E-state index in [2.05, 4.69) is 4.74 Å². The number of benzene rings is 1. The number of methoxy groups -OCH3 is 1. The molecular formula is C9H5Cl3F2O2. The Balaban J connectivity index is 3.34. The molecule has 2 nitrogen and oxygen atoms in total. The maximum Gasteiger partial charge on any atom is 0.310 e. The zero-order valence-electron chi connectivity index (χ0n) is 7.91. The van der Waals surface area contributed by atoms with Crippen molar-refractivity contribution in [1.82, 2.24) is 0 Å². The number of hydrogen-bond donors (Lipinski definition) is 0. The highest BCUT2D eigenvalue weighted by Gasteiger charge is 2.23. The smallest absolute Gasteiger partial charge is 0.310 e. The van der Waals surface area contributed by atoms with Crippen LogP contribution < -0.4 is 0 Å². The van der Waals surface area contributed by atoms with Crippen molar-refractivity contribution in [2.24, 2.45) is 0 Å². The van der Waals surface area contributed by atoms with Gasteiger partial charge in [-0.1, -0.05) is 34.8 Å². The van der Waals surface area contributed by atoms with Crippen LogP contribution in [0.1, 0.15) is 5.56 Å². The van der Waals surface area contributed by atoms with Gasteiger partial charge in [0.1, 0.15) is 5.02 Å². The minimum Gasteiger partial charge on any atom is -0.469 e. The molecule has 0 saturated heterocycles. The highest BCUT2D eigenvalue weighted by Crippen LogP contribution is 2.36. The molecular weight excluding hydrogens is 284 g/mol. The van der Waals surface area contributed by atoms with E-state index in [4.69, 9.17) is 34.8 Å². The fourth-order valence-corrected chi connectivity index (χ4v) is 1.87. The van der Waals surface area contributed by atoms with Crippen LogP contribution in [0.15, 0.2) is 0 Å². The third-order valence-electron chi connectivity index (χ3n) is 1.85. The highest BCUT2D eigenvalue weighted by atomic mass is 35.5. The van der Waals surface area contributed by atoms with Crippen LogP contribution in [0, 0.1) is 11.6 Å². The summed E-state index contributed by atoms with van der Waals surface area (Å²) < 4.78 is 30.9. The van der Waals surface area contributed by atoms with Gasteiger partial charge in [0, 0.05) is 5.56 Å². The van der Waals surface area contributed by atoms with Crippen molar-refractivity contribution in [3.8, 4) is 0 Å². The molecule has 88 valence electrons. The van der Waals surface area contributed by atoms with E-state index in [1.807, 2.05) is 0 Å². The Morgan fingerprint density at radius 2 is 1.56 bits per heavy atom. The SMILES string of the molecule is COC(=O)Cc1c(Cl)c(F)c(Cl)c(F)c1Cl. The largest absolute Gasteiger partial charge is 0.469 e. The molecule has 0 aliphatic heterocycles. The maximum atomic E-state index is 13.3. The van der Waals surface area contributed by atoms with Crippen molar-refractivity contribution < 1.29 is 18.3 Å². The van der Waals surface area contributed by atoms with Crippen molar-refractivity contribution in [2.75, 3.05) is 7.11 Å². The molecule has 0 heterocycles. The van der Waals surface area contributed by atoms with Gasteiger partial charge in [0.25, 0.3) is 0 Å². The lowest BCUT2D eigenvalue weighted by Crippen LogP contribution is -2.07. The van der Waals surface area contributed by atoms with E-state index in [9.17, 15) is 13.6 Å². The summed E-state index contributed by atoms with van der Waals surface area (Å²) in [5, 5.41) is -1.77. The average molecular weight is 289 g/mol. The molecule has 0 aromatic heterocycles. The lowest BCUT2D eigenvalue weighted by Gasteiger charge is -2.09. The second-order valence-electron chi connectivity index (χ2n) is 2.80. The number of hydrogen-bond acceptors (Lipinski definition) is 2. The lowest BCUT2D eigenvalue weighted by molar-refractivity contribution is -0.139. The molecule has 0 spiro atoms. The number of esters is 1. The van der Waals surface area contributed by atoms with Gasteiger partial charge in [-0.15, -0.1) is 0 Å². The van der Waals surface area contributed by atoms with E-state index in [1.165, 1.54) is 0 Å². The Kier molecular flexibility index (Phi) is 4.35. The third-order valence-corrected chi connectivity index (χ3v) is 2.97. The molecule has 0 bridgehead atoms. The Bertz CT molecular complexity index is 420. The zero-order valence-corrected chi connectivity index (χ0v) is 10.2. The van der Waals surface area contributed by atoms with Gasteiger partial charge in [-0.3, -0.25) is 4.79 Å². The molecule has 0 amide bonds. The first-order valence-corrected chi connectivity index (χ1v) is 5.10. The van der Waals surface area contributed by atoms with E-state index in [-0.39, 0.29) is 5.56 Å². The summed E-state index contributed by atoms with van der Waals surface area (Å²) in [7, 11) is 1.13. The van der Waals surface area contributed by atoms with Crippen molar-refractivity contribution in [2.45, 2.75) is 6.42 Å². The molecule has 0 atom stereocenters. The molecule has 0 saturated carbocycles. The molecule has 1 aromatic carbocycles. The molecule has 1 rings (SSSR count). The first-order chi connectivity index (χ1) is 7.40. The number of carbonyl (C=O) groups is 1. The summed E-state index contributed by atoms with van der Waals surface area (Å²) in [6, 6.07) is 0. The second kappa shape index (κ2) is 5.17. The van der Waals surface area contributed by atoms with Gasteiger partial charge in [0.15, 0.2) is 11.6 Å². The normalized spacial score (nSPS) is 10.4. The van der Waals surface area contributed by atoms with Gasteiger partial charge < -0.3 is 4.74 Å². The third kappa shape index (κ3) is 2.39. The summed E-state index contributed by atoms with van der Waals surface area (Å²) in [6.07, 6.45) is -0.431. The summed E-state index contributed by atoms with van der Waals surface area (Å²) in [5.74, 6) is -3.02. The summed E-state index contributed by atoms with van der Waals surface area (Å²) in [4.78, 5) is 11.0. The number of rotatable bonds is 2. The zero-order chi connectivity index (χ0) is 12.5. The lowest BCUT2D eigenvalue weighted by atomic mass is 10.1. The van der Waals surface area contributed by atoms with Crippen molar-refractivity contribution in [3.05, 3.63) is 32.3 Å². The summed E-state index contributed by atoms with van der Waals surface area (Å²) in [5.41, 5.74) is -0.186. The molecule has 0 aliphatic carbocycles. The van der Waals surface area contributed by atoms with Gasteiger partial charge in [-0.25, -0.2) is 8.78 Å². The quantitative estimate of drug-likeness (QED) is 0.472. The van der Waals surface area contributed by atoms with Crippen LogP contribution in [0.3, 0.4) is 0 Å². The van der Waals surface area contributed by atoms with Crippen LogP contribution in [-0.2, 0) is 16.0 Å². The summed E-state index contributed by atoms with van der Waals surface area (Å²) >= 11 is 16.4. The molecule has 0 radical (unpaired) electrons. The van der Waals surface area contributed by atoms with Crippen LogP contribution in [-0.4, -0.2) is 13.1 Å². The Labute approximate surface area is 105 Å². The van der Waals surface area contributed by atoms with E-state index in [1.54, 1.807) is 0 Å². The van der Waals surface area contributed by atoms with Gasteiger partial charge in [-0.05, 0) is 0 Å². The first-order valence-electron chi connectivity index (χ1n) is 3.97. The van der Waals surface area contributed by atoms with Gasteiger partial charge in [0.2, 0.25) is 0 Å².